The number of carboxylic acid groups (broad SMARTS) is 1. The second kappa shape index (κ2) is 8.05. The first-order chi connectivity index (χ1) is 11.9. The fourth-order valence-corrected chi connectivity index (χ4v) is 2.20. The molecule has 2 aromatic rings. The van der Waals surface area contributed by atoms with E-state index < -0.39 is 17.6 Å². The lowest BCUT2D eigenvalue weighted by atomic mass is 10.1. The molecular formula is C18H19NO6. The van der Waals surface area contributed by atoms with Crippen LogP contribution in [0.15, 0.2) is 36.4 Å². The molecule has 0 atom stereocenters. The van der Waals surface area contributed by atoms with E-state index in [-0.39, 0.29) is 11.3 Å². The zero-order valence-corrected chi connectivity index (χ0v) is 13.9. The maximum Gasteiger partial charge on any atom is 0.339 e. The van der Waals surface area contributed by atoms with Gasteiger partial charge >= 0.3 is 5.97 Å². The van der Waals surface area contributed by atoms with Gasteiger partial charge in [-0.1, -0.05) is 0 Å². The third kappa shape index (κ3) is 4.63. The molecule has 0 unspecified atom stereocenters. The smallest absolute Gasteiger partial charge is 0.339 e. The molecule has 0 fully saturated rings. The van der Waals surface area contributed by atoms with Gasteiger partial charge in [-0.25, -0.2) is 4.79 Å². The van der Waals surface area contributed by atoms with E-state index in [1.54, 1.807) is 18.2 Å². The number of carbonyl (C=O) groups is 2. The van der Waals surface area contributed by atoms with Crippen molar-refractivity contribution < 1.29 is 29.3 Å². The molecule has 3 N–H and O–H groups in total. The lowest BCUT2D eigenvalue weighted by molar-refractivity contribution is 0.0693. The van der Waals surface area contributed by atoms with Gasteiger partial charge in [-0.05, 0) is 38.1 Å². The fraction of sp³-hybridized carbons (Fsp3) is 0.222. The van der Waals surface area contributed by atoms with E-state index in [1.165, 1.54) is 18.2 Å². The van der Waals surface area contributed by atoms with Crippen LogP contribution in [0.4, 0.5) is 5.69 Å². The number of benzene rings is 2. The molecule has 2 rings (SSSR count). The van der Waals surface area contributed by atoms with Crippen molar-refractivity contribution in [2.24, 2.45) is 0 Å². The normalized spacial score (nSPS) is 10.2. The first-order valence-electron chi connectivity index (χ1n) is 7.73. The third-order valence-corrected chi connectivity index (χ3v) is 3.25. The molecular weight excluding hydrogens is 326 g/mol. The molecule has 7 heteroatoms. The van der Waals surface area contributed by atoms with Crippen LogP contribution in [0.3, 0.4) is 0 Å². The standard InChI is InChI=1S/C18H19NO6/c1-3-24-13-7-11(8-14(10-13)25-4-2)17(21)19-12-5-6-15(18(22)23)16(20)9-12/h5-10,20H,3-4H2,1-2H3,(H,19,21)(H,22,23). The maximum absolute atomic E-state index is 12.4. The first kappa shape index (κ1) is 18.1. The molecule has 1 amide bonds. The van der Waals surface area contributed by atoms with Crippen LogP contribution in [0.25, 0.3) is 0 Å². The molecule has 0 aliphatic rings. The fourth-order valence-electron chi connectivity index (χ4n) is 2.20. The Morgan fingerprint density at radius 3 is 2.08 bits per heavy atom. The van der Waals surface area contributed by atoms with Crippen LogP contribution in [0.5, 0.6) is 17.2 Å². The summed E-state index contributed by atoms with van der Waals surface area (Å²) < 4.78 is 10.9. The topological polar surface area (TPSA) is 105 Å². The van der Waals surface area contributed by atoms with Gasteiger partial charge in [-0.2, -0.15) is 0 Å². The van der Waals surface area contributed by atoms with Gasteiger partial charge < -0.3 is 25.0 Å². The summed E-state index contributed by atoms with van der Waals surface area (Å²) in [6.45, 7) is 4.56. The monoisotopic (exact) mass is 345 g/mol. The number of carboxylic acids is 1. The number of amides is 1. The second-order valence-electron chi connectivity index (χ2n) is 5.05. The molecule has 0 heterocycles. The van der Waals surface area contributed by atoms with Gasteiger partial charge in [0, 0.05) is 23.4 Å². The quantitative estimate of drug-likeness (QED) is 0.712. The van der Waals surface area contributed by atoms with Crippen LogP contribution in [-0.4, -0.2) is 35.3 Å². The Bertz CT molecular complexity index is 763. The van der Waals surface area contributed by atoms with E-state index in [9.17, 15) is 14.7 Å². The Morgan fingerprint density at radius 2 is 1.60 bits per heavy atom. The van der Waals surface area contributed by atoms with Crippen molar-refractivity contribution in [3.05, 3.63) is 47.5 Å². The average molecular weight is 345 g/mol. The van der Waals surface area contributed by atoms with Crippen molar-refractivity contribution in [1.82, 2.24) is 0 Å². The number of anilines is 1. The van der Waals surface area contributed by atoms with Gasteiger partial charge in [0.25, 0.3) is 5.91 Å². The molecule has 0 saturated carbocycles. The zero-order chi connectivity index (χ0) is 18.4. The lowest BCUT2D eigenvalue weighted by Gasteiger charge is -2.11. The summed E-state index contributed by atoms with van der Waals surface area (Å²) in [4.78, 5) is 23.3. The molecule has 0 saturated heterocycles. The molecule has 0 radical (unpaired) electrons. The van der Waals surface area contributed by atoms with Gasteiger partial charge in [-0.15, -0.1) is 0 Å². The SMILES string of the molecule is CCOc1cc(OCC)cc(C(=O)Nc2ccc(C(=O)O)c(O)c2)c1. The Labute approximate surface area is 144 Å². The number of hydrogen-bond acceptors (Lipinski definition) is 5. The van der Waals surface area contributed by atoms with Gasteiger partial charge in [-0.3, -0.25) is 4.79 Å². The summed E-state index contributed by atoms with van der Waals surface area (Å²) in [7, 11) is 0. The second-order valence-corrected chi connectivity index (χ2v) is 5.05. The Kier molecular flexibility index (Phi) is 5.84. The van der Waals surface area contributed by atoms with Gasteiger partial charge in [0.05, 0.1) is 13.2 Å². The van der Waals surface area contributed by atoms with Crippen LogP contribution in [0.1, 0.15) is 34.6 Å². The molecule has 0 aromatic heterocycles. The summed E-state index contributed by atoms with van der Waals surface area (Å²) >= 11 is 0. The van der Waals surface area contributed by atoms with Gasteiger partial charge in [0.2, 0.25) is 0 Å². The van der Waals surface area contributed by atoms with Crippen molar-refractivity contribution in [1.29, 1.82) is 0 Å². The number of aromatic carboxylic acids is 1. The highest BCUT2D eigenvalue weighted by atomic mass is 16.5. The lowest BCUT2D eigenvalue weighted by Crippen LogP contribution is -2.13. The van der Waals surface area contributed by atoms with Crippen molar-refractivity contribution >= 4 is 17.6 Å². The summed E-state index contributed by atoms with van der Waals surface area (Å²) in [5.41, 5.74) is 0.346. The van der Waals surface area contributed by atoms with Crippen LogP contribution in [-0.2, 0) is 0 Å². The number of carbonyl (C=O) groups excluding carboxylic acids is 1. The van der Waals surface area contributed by atoms with E-state index >= 15 is 0 Å². The van der Waals surface area contributed by atoms with Gasteiger partial charge in [0.15, 0.2) is 0 Å². The van der Waals surface area contributed by atoms with Crippen LogP contribution < -0.4 is 14.8 Å². The van der Waals surface area contributed by atoms with Crippen LogP contribution >= 0.6 is 0 Å². The molecule has 2 aromatic carbocycles. The highest BCUT2D eigenvalue weighted by Crippen LogP contribution is 2.25. The number of nitrogens with one attached hydrogen (secondary N) is 1. The van der Waals surface area contributed by atoms with Crippen molar-refractivity contribution in [3.8, 4) is 17.2 Å². The number of hydrogen-bond donors (Lipinski definition) is 3. The predicted molar refractivity (Wildman–Crippen MR) is 91.8 cm³/mol. The molecule has 25 heavy (non-hydrogen) atoms. The van der Waals surface area contributed by atoms with Crippen LogP contribution in [0, 0.1) is 0 Å². The highest BCUT2D eigenvalue weighted by Gasteiger charge is 2.13. The van der Waals surface area contributed by atoms with E-state index in [0.29, 0.717) is 30.3 Å². The zero-order valence-electron chi connectivity index (χ0n) is 13.9. The number of rotatable bonds is 7. The predicted octanol–water partition coefficient (Wildman–Crippen LogP) is 3.14. The molecule has 0 aliphatic heterocycles. The molecule has 0 spiro atoms. The van der Waals surface area contributed by atoms with Crippen molar-refractivity contribution in [2.45, 2.75) is 13.8 Å². The number of aromatic hydroxyl groups is 1. The van der Waals surface area contributed by atoms with Crippen LogP contribution in [0.2, 0.25) is 0 Å². The maximum atomic E-state index is 12.4. The summed E-state index contributed by atoms with van der Waals surface area (Å²) in [6.07, 6.45) is 0. The van der Waals surface area contributed by atoms with E-state index in [0.717, 1.165) is 0 Å². The minimum Gasteiger partial charge on any atom is -0.507 e. The van der Waals surface area contributed by atoms with Gasteiger partial charge in [0.1, 0.15) is 22.8 Å². The molecule has 7 nitrogen and oxygen atoms in total. The van der Waals surface area contributed by atoms with E-state index in [2.05, 4.69) is 5.32 Å². The summed E-state index contributed by atoms with van der Waals surface area (Å²) in [5.74, 6) is -1.11. The third-order valence-electron chi connectivity index (χ3n) is 3.25. The summed E-state index contributed by atoms with van der Waals surface area (Å²) in [6, 6.07) is 8.64. The Balaban J connectivity index is 2.25. The molecule has 0 bridgehead atoms. The molecule has 132 valence electrons. The minimum atomic E-state index is -1.25. The average Bonchev–Trinajstić information content (AvgIpc) is 2.55. The first-order valence-corrected chi connectivity index (χ1v) is 7.73. The van der Waals surface area contributed by atoms with E-state index in [4.69, 9.17) is 14.6 Å². The van der Waals surface area contributed by atoms with Crippen molar-refractivity contribution in [2.75, 3.05) is 18.5 Å². The Morgan fingerprint density at radius 1 is 1.00 bits per heavy atom. The van der Waals surface area contributed by atoms with E-state index in [1.807, 2.05) is 13.8 Å². The number of phenols is 1. The Hall–Kier alpha value is -3.22. The molecule has 0 aliphatic carbocycles. The minimum absolute atomic E-state index is 0.241. The number of ether oxygens (including phenoxy) is 2. The highest BCUT2D eigenvalue weighted by molar-refractivity contribution is 6.05. The largest absolute Gasteiger partial charge is 0.507 e. The van der Waals surface area contributed by atoms with Crippen molar-refractivity contribution in [3.63, 3.8) is 0 Å². The summed E-state index contributed by atoms with van der Waals surface area (Å²) in [5, 5.41) is 21.2.